The molecule has 0 unspecified atom stereocenters. The molecule has 0 amide bonds. The molecule has 58 valence electrons. The van der Waals surface area contributed by atoms with Gasteiger partial charge in [0.15, 0.2) is 0 Å². The minimum atomic E-state index is 0.700. The summed E-state index contributed by atoms with van der Waals surface area (Å²) in [7, 11) is 0. The fraction of sp³-hybridized carbons (Fsp3) is 0.125. The molecule has 2 nitrogen and oxygen atoms in total. The second-order valence-electron chi connectivity index (χ2n) is 2.22. The van der Waals surface area contributed by atoms with E-state index in [0.29, 0.717) is 5.02 Å². The highest BCUT2D eigenvalue weighted by atomic mass is 35.5. The van der Waals surface area contributed by atoms with Crippen LogP contribution in [0.15, 0.2) is 29.4 Å². The molecule has 1 rings (SSSR count). The number of hydrazone groups is 1. The molecule has 0 spiro atoms. The predicted octanol–water partition coefficient (Wildman–Crippen LogP) is 2.02. The van der Waals surface area contributed by atoms with Crippen molar-refractivity contribution in [3.05, 3.63) is 34.9 Å². The second kappa shape index (κ2) is 3.39. The van der Waals surface area contributed by atoms with Crippen LogP contribution in [-0.2, 0) is 0 Å². The minimum absolute atomic E-state index is 0.700. The summed E-state index contributed by atoms with van der Waals surface area (Å²) in [5.74, 6) is 5.10. The molecule has 1 aromatic rings. The van der Waals surface area contributed by atoms with E-state index in [1.54, 1.807) is 0 Å². The van der Waals surface area contributed by atoms with Crippen LogP contribution in [0.1, 0.15) is 12.5 Å². The van der Waals surface area contributed by atoms with Gasteiger partial charge in [0.1, 0.15) is 0 Å². The van der Waals surface area contributed by atoms with Crippen molar-refractivity contribution in [2.75, 3.05) is 0 Å². The molecule has 2 N–H and O–H groups in total. The lowest BCUT2D eigenvalue weighted by molar-refractivity contribution is 1.24. The molecule has 0 bridgehead atoms. The highest BCUT2D eigenvalue weighted by Crippen LogP contribution is 2.10. The third-order valence-corrected chi connectivity index (χ3v) is 1.67. The van der Waals surface area contributed by atoms with Gasteiger partial charge >= 0.3 is 0 Å². The molecule has 0 aliphatic heterocycles. The highest BCUT2D eigenvalue weighted by molar-refractivity contribution is 6.31. The smallest absolute Gasteiger partial charge is 0.0642 e. The van der Waals surface area contributed by atoms with Crippen LogP contribution in [0.5, 0.6) is 0 Å². The largest absolute Gasteiger partial charge is 0.323 e. The SMILES string of the molecule is C/C(=N/N)c1cccc(Cl)c1. The van der Waals surface area contributed by atoms with Crippen molar-refractivity contribution in [3.63, 3.8) is 0 Å². The molecule has 0 aliphatic carbocycles. The Labute approximate surface area is 70.7 Å². The van der Waals surface area contributed by atoms with E-state index in [1.165, 1.54) is 0 Å². The van der Waals surface area contributed by atoms with E-state index in [1.807, 2.05) is 31.2 Å². The van der Waals surface area contributed by atoms with E-state index in [9.17, 15) is 0 Å². The fourth-order valence-electron chi connectivity index (χ4n) is 0.788. The van der Waals surface area contributed by atoms with Gasteiger partial charge in [-0.15, -0.1) is 0 Å². The van der Waals surface area contributed by atoms with E-state index in [0.717, 1.165) is 11.3 Å². The summed E-state index contributed by atoms with van der Waals surface area (Å²) in [6, 6.07) is 7.42. The zero-order valence-electron chi connectivity index (χ0n) is 6.21. The number of nitrogens with zero attached hydrogens (tertiary/aromatic N) is 1. The van der Waals surface area contributed by atoms with Crippen LogP contribution in [0, 0.1) is 0 Å². The first-order valence-corrected chi connectivity index (χ1v) is 3.62. The normalized spacial score (nSPS) is 11.6. The summed E-state index contributed by atoms with van der Waals surface area (Å²) in [5.41, 5.74) is 1.74. The summed E-state index contributed by atoms with van der Waals surface area (Å²) < 4.78 is 0. The third kappa shape index (κ3) is 1.95. The van der Waals surface area contributed by atoms with Crippen LogP contribution in [0.4, 0.5) is 0 Å². The predicted molar refractivity (Wildman–Crippen MR) is 47.9 cm³/mol. The van der Waals surface area contributed by atoms with Crippen LogP contribution in [0.2, 0.25) is 5.02 Å². The van der Waals surface area contributed by atoms with E-state index in [2.05, 4.69) is 5.10 Å². The molecule has 3 heteroatoms. The lowest BCUT2D eigenvalue weighted by Gasteiger charge is -1.97. The molecule has 0 atom stereocenters. The molecule has 0 fully saturated rings. The van der Waals surface area contributed by atoms with Gasteiger partial charge in [-0.2, -0.15) is 5.10 Å². The maximum atomic E-state index is 5.75. The van der Waals surface area contributed by atoms with Crippen molar-refractivity contribution in [3.8, 4) is 0 Å². The second-order valence-corrected chi connectivity index (χ2v) is 2.66. The average Bonchev–Trinajstić information content (AvgIpc) is 2.03. The van der Waals surface area contributed by atoms with Gasteiger partial charge in [-0.1, -0.05) is 23.7 Å². The van der Waals surface area contributed by atoms with Crippen LogP contribution in [0.25, 0.3) is 0 Å². The van der Waals surface area contributed by atoms with E-state index in [4.69, 9.17) is 17.4 Å². The van der Waals surface area contributed by atoms with Gasteiger partial charge in [0.25, 0.3) is 0 Å². The quantitative estimate of drug-likeness (QED) is 0.389. The summed E-state index contributed by atoms with van der Waals surface area (Å²) in [6.45, 7) is 1.84. The molecule has 0 saturated heterocycles. The lowest BCUT2D eigenvalue weighted by atomic mass is 10.1. The van der Waals surface area contributed by atoms with Crippen LogP contribution in [-0.4, -0.2) is 5.71 Å². The summed E-state index contributed by atoms with van der Waals surface area (Å²) in [5, 5.41) is 4.26. The Kier molecular flexibility index (Phi) is 2.49. The monoisotopic (exact) mass is 168 g/mol. The Morgan fingerprint density at radius 2 is 2.27 bits per heavy atom. The van der Waals surface area contributed by atoms with Gasteiger partial charge in [0.2, 0.25) is 0 Å². The lowest BCUT2D eigenvalue weighted by Crippen LogP contribution is -1.97. The fourth-order valence-corrected chi connectivity index (χ4v) is 0.978. The molecule has 0 aliphatic rings. The van der Waals surface area contributed by atoms with Gasteiger partial charge in [-0.05, 0) is 24.6 Å². The Morgan fingerprint density at radius 1 is 1.55 bits per heavy atom. The topological polar surface area (TPSA) is 38.4 Å². The zero-order chi connectivity index (χ0) is 8.27. The Morgan fingerprint density at radius 3 is 2.82 bits per heavy atom. The number of hydrogen-bond donors (Lipinski definition) is 1. The average molecular weight is 169 g/mol. The van der Waals surface area contributed by atoms with Gasteiger partial charge in [0.05, 0.1) is 5.71 Å². The summed E-state index contributed by atoms with van der Waals surface area (Å²) in [4.78, 5) is 0. The summed E-state index contributed by atoms with van der Waals surface area (Å²) in [6.07, 6.45) is 0. The van der Waals surface area contributed by atoms with E-state index in [-0.39, 0.29) is 0 Å². The van der Waals surface area contributed by atoms with Crippen molar-refractivity contribution in [2.45, 2.75) is 6.92 Å². The van der Waals surface area contributed by atoms with Crippen LogP contribution >= 0.6 is 11.6 Å². The maximum Gasteiger partial charge on any atom is 0.0642 e. The van der Waals surface area contributed by atoms with Crippen LogP contribution in [0.3, 0.4) is 0 Å². The van der Waals surface area contributed by atoms with Crippen molar-refractivity contribution < 1.29 is 0 Å². The molecule has 0 aromatic heterocycles. The molecule has 11 heavy (non-hydrogen) atoms. The number of hydrogen-bond acceptors (Lipinski definition) is 2. The van der Waals surface area contributed by atoms with Crippen molar-refractivity contribution in [1.29, 1.82) is 0 Å². The first-order valence-electron chi connectivity index (χ1n) is 3.24. The zero-order valence-corrected chi connectivity index (χ0v) is 6.97. The first kappa shape index (κ1) is 8.08. The van der Waals surface area contributed by atoms with Gasteiger partial charge in [-0.3, -0.25) is 0 Å². The standard InChI is InChI=1S/C8H9ClN2/c1-6(11-10)7-3-2-4-8(9)5-7/h2-5H,10H2,1H3/b11-6-. The number of nitrogens with two attached hydrogens (primary N) is 1. The van der Waals surface area contributed by atoms with Crippen molar-refractivity contribution in [2.24, 2.45) is 10.9 Å². The maximum absolute atomic E-state index is 5.75. The van der Waals surface area contributed by atoms with Gasteiger partial charge in [0, 0.05) is 5.02 Å². The van der Waals surface area contributed by atoms with Crippen molar-refractivity contribution in [1.82, 2.24) is 0 Å². The number of benzene rings is 1. The van der Waals surface area contributed by atoms with E-state index < -0.39 is 0 Å². The molecule has 0 radical (unpaired) electrons. The first-order chi connectivity index (χ1) is 5.24. The Bertz CT molecular complexity index is 281. The highest BCUT2D eigenvalue weighted by Gasteiger charge is 1.95. The minimum Gasteiger partial charge on any atom is -0.323 e. The van der Waals surface area contributed by atoms with Crippen LogP contribution < -0.4 is 5.84 Å². The number of rotatable bonds is 1. The molecular formula is C8H9ClN2. The molecule has 0 saturated carbocycles. The van der Waals surface area contributed by atoms with Crippen molar-refractivity contribution >= 4 is 17.3 Å². The summed E-state index contributed by atoms with van der Waals surface area (Å²) >= 11 is 5.75. The van der Waals surface area contributed by atoms with Gasteiger partial charge in [-0.25, -0.2) is 0 Å². The third-order valence-electron chi connectivity index (χ3n) is 1.44. The number of halogens is 1. The van der Waals surface area contributed by atoms with E-state index >= 15 is 0 Å². The molecule has 1 aromatic carbocycles. The molecule has 0 heterocycles. The molecular weight excluding hydrogens is 160 g/mol. The Hall–Kier alpha value is -1.02. The van der Waals surface area contributed by atoms with Gasteiger partial charge < -0.3 is 5.84 Å². The Balaban J connectivity index is 3.06.